The number of fused-ring (bicyclic) bond motifs is 2. The van der Waals surface area contributed by atoms with Gasteiger partial charge in [0.1, 0.15) is 5.82 Å². The Morgan fingerprint density at radius 2 is 2.00 bits per heavy atom. The summed E-state index contributed by atoms with van der Waals surface area (Å²) in [5.74, 6) is 0.979. The molecule has 4 heterocycles. The molecule has 1 atom stereocenters. The van der Waals surface area contributed by atoms with E-state index in [0.717, 1.165) is 53.8 Å². The number of aliphatic carboxylic acids is 1. The summed E-state index contributed by atoms with van der Waals surface area (Å²) in [6, 6.07) is 14.2. The van der Waals surface area contributed by atoms with Gasteiger partial charge in [0, 0.05) is 50.0 Å². The molecule has 11 heteroatoms. The summed E-state index contributed by atoms with van der Waals surface area (Å²) in [4.78, 5) is 26.6. The number of guanidine groups is 1. The van der Waals surface area contributed by atoms with Crippen LogP contribution in [-0.4, -0.2) is 67.2 Å². The Kier molecular flexibility index (Phi) is 8.01. The quantitative estimate of drug-likeness (QED) is 0.238. The van der Waals surface area contributed by atoms with Crippen LogP contribution in [0.4, 0.5) is 11.5 Å². The molecule has 1 unspecified atom stereocenters. The lowest BCUT2D eigenvalue weighted by molar-refractivity contribution is -0.134. The van der Waals surface area contributed by atoms with Crippen molar-refractivity contribution in [3.63, 3.8) is 0 Å². The number of anilines is 2. The minimum Gasteiger partial charge on any atom is -0.481 e. The average molecular weight is 514 g/mol. The van der Waals surface area contributed by atoms with Gasteiger partial charge in [0.2, 0.25) is 12.2 Å². The molecule has 5 rings (SSSR count). The minimum absolute atomic E-state index is 0.143. The molecule has 0 amide bonds. The Balaban J connectivity index is 0.000000786. The van der Waals surface area contributed by atoms with Gasteiger partial charge < -0.3 is 20.2 Å². The van der Waals surface area contributed by atoms with Crippen molar-refractivity contribution < 1.29 is 9.90 Å². The highest BCUT2D eigenvalue weighted by Crippen LogP contribution is 2.26. The van der Waals surface area contributed by atoms with E-state index in [0.29, 0.717) is 18.4 Å². The number of nitrogens with one attached hydrogen (secondary N) is 1. The van der Waals surface area contributed by atoms with Crippen molar-refractivity contribution in [2.45, 2.75) is 33.7 Å². The number of nitriles is 1. The van der Waals surface area contributed by atoms with Crippen molar-refractivity contribution in [1.82, 2.24) is 24.5 Å². The SMILES string of the molecule is CC(=O)O.Cc1ccc2c(N/C(=N\C#N)N3CCN(c4ccc5nccn5n4)CC3C(C)C)cccc2n1. The van der Waals surface area contributed by atoms with Crippen molar-refractivity contribution in [2.75, 3.05) is 29.9 Å². The lowest BCUT2D eigenvalue weighted by Gasteiger charge is -2.44. The maximum Gasteiger partial charge on any atom is 0.300 e. The maximum absolute atomic E-state index is 9.48. The topological polar surface area (TPSA) is 135 Å². The fourth-order valence-corrected chi connectivity index (χ4v) is 4.52. The molecule has 0 aliphatic carbocycles. The highest BCUT2D eigenvalue weighted by Gasteiger charge is 2.32. The van der Waals surface area contributed by atoms with Crippen LogP contribution in [0.15, 0.2) is 59.9 Å². The molecule has 4 aromatic rings. The highest BCUT2D eigenvalue weighted by molar-refractivity contribution is 6.02. The first-order valence-corrected chi connectivity index (χ1v) is 12.4. The molecular weight excluding hydrogens is 482 g/mol. The Hall–Kier alpha value is -4.72. The molecule has 38 heavy (non-hydrogen) atoms. The molecule has 1 aliphatic rings. The Morgan fingerprint density at radius 1 is 1.21 bits per heavy atom. The fourth-order valence-electron chi connectivity index (χ4n) is 4.52. The number of nitrogens with zero attached hydrogens (tertiary/aromatic N) is 8. The van der Waals surface area contributed by atoms with E-state index < -0.39 is 5.97 Å². The van der Waals surface area contributed by atoms with E-state index in [1.54, 1.807) is 10.7 Å². The summed E-state index contributed by atoms with van der Waals surface area (Å²) in [6.07, 6.45) is 5.60. The zero-order valence-electron chi connectivity index (χ0n) is 21.9. The van der Waals surface area contributed by atoms with E-state index in [1.807, 2.05) is 55.7 Å². The Labute approximate surface area is 221 Å². The number of piperazine rings is 1. The smallest absolute Gasteiger partial charge is 0.300 e. The second-order valence-electron chi connectivity index (χ2n) is 9.38. The maximum atomic E-state index is 9.48. The number of pyridine rings is 1. The number of aliphatic imine (C=N–C) groups is 1. The van der Waals surface area contributed by atoms with Gasteiger partial charge in [-0.15, -0.1) is 10.1 Å². The molecule has 0 bridgehead atoms. The van der Waals surface area contributed by atoms with E-state index in [4.69, 9.17) is 15.0 Å². The summed E-state index contributed by atoms with van der Waals surface area (Å²) >= 11 is 0. The van der Waals surface area contributed by atoms with Gasteiger partial charge in [-0.05, 0) is 49.2 Å². The van der Waals surface area contributed by atoms with Crippen molar-refractivity contribution in [1.29, 1.82) is 5.26 Å². The zero-order valence-corrected chi connectivity index (χ0v) is 21.9. The van der Waals surface area contributed by atoms with Crippen LogP contribution in [0, 0.1) is 24.3 Å². The van der Waals surface area contributed by atoms with Crippen LogP contribution in [0.2, 0.25) is 0 Å². The molecule has 3 aromatic heterocycles. The molecule has 0 spiro atoms. The van der Waals surface area contributed by atoms with Crippen LogP contribution < -0.4 is 10.2 Å². The first-order valence-electron chi connectivity index (χ1n) is 12.4. The van der Waals surface area contributed by atoms with Crippen LogP contribution >= 0.6 is 0 Å². The molecule has 1 fully saturated rings. The van der Waals surface area contributed by atoms with Gasteiger partial charge >= 0.3 is 0 Å². The number of rotatable bonds is 3. The standard InChI is InChI=1S/C25H27N9.C2H4O2/c1-17(2)22-15-32(24-10-9-23-27-11-12-34(23)31-24)13-14-33(22)25(28-16-26)30-21-6-4-5-20-19(21)8-7-18(3)29-20;1-2(3)4/h4-12,17,22H,13-15H2,1-3H3,(H,28,30);1H3,(H,3,4). The average Bonchev–Trinajstić information content (AvgIpc) is 3.36. The molecule has 11 nitrogen and oxygen atoms in total. The second-order valence-corrected chi connectivity index (χ2v) is 9.38. The normalized spacial score (nSPS) is 15.8. The van der Waals surface area contributed by atoms with E-state index in [-0.39, 0.29) is 6.04 Å². The number of benzene rings is 1. The molecule has 0 radical (unpaired) electrons. The molecular formula is C27H31N9O2. The number of imidazole rings is 1. The predicted molar refractivity (Wildman–Crippen MR) is 147 cm³/mol. The van der Waals surface area contributed by atoms with Crippen molar-refractivity contribution >= 4 is 40.0 Å². The largest absolute Gasteiger partial charge is 0.481 e. The number of hydrogen-bond donors (Lipinski definition) is 2. The van der Waals surface area contributed by atoms with Gasteiger partial charge in [-0.1, -0.05) is 19.9 Å². The summed E-state index contributed by atoms with van der Waals surface area (Å²) in [5, 5.41) is 26.1. The van der Waals surface area contributed by atoms with Crippen LogP contribution in [0.1, 0.15) is 26.5 Å². The van der Waals surface area contributed by atoms with E-state index in [1.165, 1.54) is 0 Å². The zero-order chi connectivity index (χ0) is 27.2. The Bertz CT molecular complexity index is 1500. The monoisotopic (exact) mass is 513 g/mol. The third kappa shape index (κ3) is 5.98. The Morgan fingerprint density at radius 3 is 2.74 bits per heavy atom. The van der Waals surface area contributed by atoms with Gasteiger partial charge in [-0.2, -0.15) is 5.26 Å². The van der Waals surface area contributed by atoms with Crippen LogP contribution in [0.3, 0.4) is 0 Å². The van der Waals surface area contributed by atoms with E-state index in [9.17, 15) is 5.26 Å². The fraction of sp³-hybridized carbons (Fsp3) is 0.333. The lowest BCUT2D eigenvalue weighted by Crippen LogP contribution is -2.58. The minimum atomic E-state index is -0.833. The lowest BCUT2D eigenvalue weighted by atomic mass is 9.99. The van der Waals surface area contributed by atoms with Crippen LogP contribution in [0.25, 0.3) is 16.6 Å². The third-order valence-electron chi connectivity index (χ3n) is 6.30. The van der Waals surface area contributed by atoms with Crippen LogP contribution in [-0.2, 0) is 4.79 Å². The molecule has 2 N–H and O–H groups in total. The first-order chi connectivity index (χ1) is 18.3. The van der Waals surface area contributed by atoms with Gasteiger partial charge in [0.25, 0.3) is 5.97 Å². The predicted octanol–water partition coefficient (Wildman–Crippen LogP) is 3.77. The number of hydrogen-bond acceptors (Lipinski definition) is 7. The van der Waals surface area contributed by atoms with Gasteiger partial charge in [-0.25, -0.2) is 9.50 Å². The second kappa shape index (κ2) is 11.6. The molecule has 1 saturated heterocycles. The van der Waals surface area contributed by atoms with Crippen LogP contribution in [0.5, 0.6) is 0 Å². The van der Waals surface area contributed by atoms with Gasteiger partial charge in [0.15, 0.2) is 5.65 Å². The van der Waals surface area contributed by atoms with Crippen molar-refractivity contribution in [3.05, 3.63) is 60.6 Å². The summed E-state index contributed by atoms with van der Waals surface area (Å²) in [6.45, 7) is 9.70. The van der Waals surface area contributed by atoms with E-state index >= 15 is 0 Å². The number of carbonyl (C=O) groups is 1. The van der Waals surface area contributed by atoms with Crippen molar-refractivity contribution in [2.24, 2.45) is 10.9 Å². The molecule has 1 aliphatic heterocycles. The number of aryl methyl sites for hydroxylation is 1. The number of aromatic nitrogens is 4. The third-order valence-corrected chi connectivity index (χ3v) is 6.30. The first kappa shape index (κ1) is 26.3. The summed E-state index contributed by atoms with van der Waals surface area (Å²) in [7, 11) is 0. The van der Waals surface area contributed by atoms with E-state index in [2.05, 4.69) is 50.0 Å². The summed E-state index contributed by atoms with van der Waals surface area (Å²) in [5.41, 5.74) is 3.59. The summed E-state index contributed by atoms with van der Waals surface area (Å²) < 4.78 is 1.80. The van der Waals surface area contributed by atoms with Crippen molar-refractivity contribution in [3.8, 4) is 6.19 Å². The molecule has 0 saturated carbocycles. The van der Waals surface area contributed by atoms with Gasteiger partial charge in [-0.3, -0.25) is 9.78 Å². The number of carboxylic acids is 1. The highest BCUT2D eigenvalue weighted by atomic mass is 16.4. The van der Waals surface area contributed by atoms with Gasteiger partial charge in [0.05, 0.1) is 17.2 Å². The molecule has 196 valence electrons. The number of carboxylic acid groups (broad SMARTS) is 1. The molecule has 1 aromatic carbocycles.